The van der Waals surface area contributed by atoms with Crippen LogP contribution in [0.5, 0.6) is 0 Å². The van der Waals surface area contributed by atoms with Crippen molar-refractivity contribution < 1.29 is 4.65 Å². The van der Waals surface area contributed by atoms with E-state index in [1.54, 1.807) is 0 Å². The molecule has 2 nitrogen and oxygen atoms in total. The van der Waals surface area contributed by atoms with Crippen LogP contribution in [0.3, 0.4) is 0 Å². The fraction of sp³-hybridized carbons (Fsp3) is 0.538. The molecule has 0 aliphatic carbocycles. The highest BCUT2D eigenvalue weighted by Gasteiger charge is 2.49. The van der Waals surface area contributed by atoms with Gasteiger partial charge in [-0.15, -0.1) is 0 Å². The number of hydrogen-bond donors (Lipinski definition) is 1. The van der Waals surface area contributed by atoms with Crippen LogP contribution in [-0.4, -0.2) is 18.2 Å². The fourth-order valence-corrected chi connectivity index (χ4v) is 1.96. The average molecular weight is 217 g/mol. The van der Waals surface area contributed by atoms with Gasteiger partial charge in [0, 0.05) is 5.54 Å². The predicted molar refractivity (Wildman–Crippen MR) is 68.9 cm³/mol. The third-order valence-electron chi connectivity index (χ3n) is 3.75. The molecule has 1 aliphatic heterocycles. The predicted octanol–water partition coefficient (Wildman–Crippen LogP) is 1.87. The number of hydrogen-bond acceptors (Lipinski definition) is 2. The second-order valence-corrected chi connectivity index (χ2v) is 5.69. The summed E-state index contributed by atoms with van der Waals surface area (Å²) < 4.78 is 6.09. The van der Waals surface area contributed by atoms with Crippen LogP contribution < -0.4 is 10.7 Å². The van der Waals surface area contributed by atoms with Gasteiger partial charge in [-0.25, -0.2) is 0 Å². The van der Waals surface area contributed by atoms with E-state index in [9.17, 15) is 0 Å². The molecule has 0 bridgehead atoms. The van der Waals surface area contributed by atoms with Gasteiger partial charge < -0.3 is 9.88 Å². The van der Waals surface area contributed by atoms with Gasteiger partial charge in [-0.3, -0.25) is 0 Å². The number of rotatable bonds is 1. The molecule has 1 aromatic carbocycles. The van der Waals surface area contributed by atoms with E-state index in [4.69, 9.17) is 4.65 Å². The van der Waals surface area contributed by atoms with Crippen molar-refractivity contribution in [2.24, 2.45) is 0 Å². The Labute approximate surface area is 98.5 Å². The van der Waals surface area contributed by atoms with E-state index < -0.39 is 0 Å². The summed E-state index contributed by atoms with van der Waals surface area (Å²) in [5.74, 6) is 0. The van der Waals surface area contributed by atoms with Gasteiger partial charge in [0.1, 0.15) is 0 Å². The Bertz CT molecular complexity index is 385. The maximum atomic E-state index is 6.09. The van der Waals surface area contributed by atoms with Gasteiger partial charge >= 0.3 is 7.05 Å². The Morgan fingerprint density at radius 1 is 1.19 bits per heavy atom. The van der Waals surface area contributed by atoms with Gasteiger partial charge in [0.2, 0.25) is 0 Å². The summed E-state index contributed by atoms with van der Waals surface area (Å²) in [6.07, 6.45) is 0. The summed E-state index contributed by atoms with van der Waals surface area (Å²) in [6, 6.07) is 8.47. The molecule has 2 rings (SSSR count). The molecule has 86 valence electrons. The van der Waals surface area contributed by atoms with Crippen molar-refractivity contribution in [1.82, 2.24) is 5.23 Å². The smallest absolute Gasteiger partial charge is 0.411 e. The van der Waals surface area contributed by atoms with Crippen molar-refractivity contribution in [3.63, 3.8) is 0 Å². The van der Waals surface area contributed by atoms with Gasteiger partial charge in [0.25, 0.3) is 0 Å². The zero-order chi connectivity index (χ0) is 12.0. The molecular weight excluding hydrogens is 197 g/mol. The van der Waals surface area contributed by atoms with Crippen LogP contribution in [-0.2, 0) is 4.65 Å². The Morgan fingerprint density at radius 3 is 2.38 bits per heavy atom. The highest BCUT2D eigenvalue weighted by atomic mass is 16.5. The standard InChI is InChI=1S/C13H20BNO/c1-10-7-6-8-11(9-10)14-15-12(2,3)13(4,5)16-14/h6-9,15H,1-5H3. The molecule has 3 heteroatoms. The Morgan fingerprint density at radius 2 is 1.88 bits per heavy atom. The average Bonchev–Trinajstić information content (AvgIpc) is 2.36. The van der Waals surface area contributed by atoms with E-state index >= 15 is 0 Å². The first-order valence-electron chi connectivity index (χ1n) is 5.84. The second kappa shape index (κ2) is 3.61. The van der Waals surface area contributed by atoms with Gasteiger partial charge in [-0.2, -0.15) is 0 Å². The van der Waals surface area contributed by atoms with Gasteiger partial charge in [0.15, 0.2) is 0 Å². The minimum absolute atomic E-state index is 0.00454. The number of aryl methyl sites for hydroxylation is 1. The van der Waals surface area contributed by atoms with Crippen LogP contribution >= 0.6 is 0 Å². The van der Waals surface area contributed by atoms with Crippen LogP contribution in [0.2, 0.25) is 0 Å². The van der Waals surface area contributed by atoms with Crippen LogP contribution in [0.4, 0.5) is 0 Å². The Kier molecular flexibility index (Phi) is 2.63. The first-order valence-corrected chi connectivity index (χ1v) is 5.84. The first-order chi connectivity index (χ1) is 7.32. The summed E-state index contributed by atoms with van der Waals surface area (Å²) in [4.78, 5) is 0. The van der Waals surface area contributed by atoms with Crippen LogP contribution in [0.15, 0.2) is 24.3 Å². The molecule has 1 saturated heterocycles. The van der Waals surface area contributed by atoms with Gasteiger partial charge in [-0.1, -0.05) is 29.8 Å². The van der Waals surface area contributed by atoms with Gasteiger partial charge in [-0.05, 0) is 40.1 Å². The maximum Gasteiger partial charge on any atom is 0.416 e. The summed E-state index contributed by atoms with van der Waals surface area (Å²) in [7, 11) is 0.00454. The van der Waals surface area contributed by atoms with Crippen molar-refractivity contribution in [3.8, 4) is 0 Å². The molecular formula is C13H20BNO. The molecule has 1 heterocycles. The normalized spacial score (nSPS) is 22.4. The lowest BCUT2D eigenvalue weighted by molar-refractivity contribution is 0.0750. The molecule has 0 aromatic heterocycles. The van der Waals surface area contributed by atoms with E-state index in [0.29, 0.717) is 0 Å². The van der Waals surface area contributed by atoms with Crippen LogP contribution in [0.25, 0.3) is 0 Å². The van der Waals surface area contributed by atoms with Crippen LogP contribution in [0, 0.1) is 6.92 Å². The van der Waals surface area contributed by atoms with E-state index in [2.05, 4.69) is 64.1 Å². The van der Waals surface area contributed by atoms with E-state index in [1.165, 1.54) is 11.0 Å². The third kappa shape index (κ3) is 1.90. The molecule has 1 aromatic rings. The topological polar surface area (TPSA) is 21.3 Å². The SMILES string of the molecule is Cc1cccc(B2NC(C)(C)C(C)(C)O2)c1. The van der Waals surface area contributed by atoms with E-state index in [-0.39, 0.29) is 18.2 Å². The van der Waals surface area contributed by atoms with Crippen molar-refractivity contribution in [2.45, 2.75) is 45.8 Å². The molecule has 0 saturated carbocycles. The molecule has 1 fully saturated rings. The quantitative estimate of drug-likeness (QED) is 0.725. The zero-order valence-electron chi connectivity index (χ0n) is 10.8. The molecule has 1 aliphatic rings. The lowest BCUT2D eigenvalue weighted by atomic mass is 9.73. The minimum atomic E-state index is -0.151. The molecule has 0 atom stereocenters. The maximum absolute atomic E-state index is 6.09. The molecule has 1 N–H and O–H groups in total. The molecule has 0 unspecified atom stereocenters. The second-order valence-electron chi connectivity index (χ2n) is 5.69. The Hall–Kier alpha value is -0.795. The number of nitrogens with one attached hydrogen (secondary N) is 1. The van der Waals surface area contributed by atoms with Crippen molar-refractivity contribution in [3.05, 3.63) is 29.8 Å². The highest BCUT2D eigenvalue weighted by molar-refractivity contribution is 6.66. The monoisotopic (exact) mass is 217 g/mol. The summed E-state index contributed by atoms with van der Waals surface area (Å²) in [5.41, 5.74) is 2.31. The minimum Gasteiger partial charge on any atom is -0.411 e. The third-order valence-corrected chi connectivity index (χ3v) is 3.75. The lowest BCUT2D eigenvalue weighted by Gasteiger charge is -2.33. The summed E-state index contributed by atoms with van der Waals surface area (Å²) in [5, 5.41) is 3.54. The molecule has 0 amide bonds. The molecule has 0 radical (unpaired) electrons. The largest absolute Gasteiger partial charge is 0.416 e. The van der Waals surface area contributed by atoms with Crippen molar-refractivity contribution >= 4 is 12.5 Å². The highest BCUT2D eigenvalue weighted by Crippen LogP contribution is 2.31. The summed E-state index contributed by atoms with van der Waals surface area (Å²) in [6.45, 7) is 10.7. The van der Waals surface area contributed by atoms with Gasteiger partial charge in [0.05, 0.1) is 5.60 Å². The zero-order valence-corrected chi connectivity index (χ0v) is 10.8. The molecule has 0 spiro atoms. The van der Waals surface area contributed by atoms with Crippen molar-refractivity contribution in [1.29, 1.82) is 0 Å². The van der Waals surface area contributed by atoms with E-state index in [0.717, 1.165) is 0 Å². The summed E-state index contributed by atoms with van der Waals surface area (Å²) >= 11 is 0. The lowest BCUT2D eigenvalue weighted by Crippen LogP contribution is -2.51. The number of benzene rings is 1. The van der Waals surface area contributed by atoms with Crippen molar-refractivity contribution in [2.75, 3.05) is 0 Å². The molecule has 16 heavy (non-hydrogen) atoms. The van der Waals surface area contributed by atoms with Crippen LogP contribution in [0.1, 0.15) is 33.3 Å². The fourth-order valence-electron chi connectivity index (χ4n) is 1.96. The van der Waals surface area contributed by atoms with E-state index in [1.807, 2.05) is 0 Å². The Balaban J connectivity index is 2.27. The first kappa shape index (κ1) is 11.7.